The van der Waals surface area contributed by atoms with Crippen molar-refractivity contribution in [1.82, 2.24) is 4.57 Å². The van der Waals surface area contributed by atoms with Crippen LogP contribution in [0.1, 0.15) is 33.4 Å². The maximum absolute atomic E-state index is 2.49. The Bertz CT molecular complexity index is 3570. The standard InChI is InChI=1S/C63H42N2/c1-4-16-43(17-5-1)28-29-44-30-34-49(35-31-44)64(47-18-6-2-7-19-47)50-36-39-62-56(42-50)55-40-45(33-38-61(55)65(62)48-20-8-3-9-21-48)46-32-37-54-53-24-12-15-27-59(53)63(60(54)41-46)57-25-13-10-22-51(57)52-23-11-14-26-58(52)63/h1-42H/b29-28+. The molecule has 0 saturated carbocycles. The molecule has 2 aliphatic carbocycles. The Labute approximate surface area is 379 Å². The molecular formula is C63H42N2. The van der Waals surface area contributed by atoms with Crippen LogP contribution in [0, 0.1) is 0 Å². The second-order valence-corrected chi connectivity index (χ2v) is 17.3. The van der Waals surface area contributed by atoms with E-state index in [0.29, 0.717) is 0 Å². The topological polar surface area (TPSA) is 8.17 Å². The third kappa shape index (κ3) is 5.74. The van der Waals surface area contributed by atoms with Crippen molar-refractivity contribution in [2.24, 2.45) is 0 Å². The number of hydrogen-bond acceptors (Lipinski definition) is 1. The average molecular weight is 827 g/mol. The molecular weight excluding hydrogens is 785 g/mol. The van der Waals surface area contributed by atoms with Crippen molar-refractivity contribution in [3.63, 3.8) is 0 Å². The lowest BCUT2D eigenvalue weighted by molar-refractivity contribution is 0.794. The van der Waals surface area contributed by atoms with Crippen molar-refractivity contribution >= 4 is 51.0 Å². The highest BCUT2D eigenvalue weighted by Crippen LogP contribution is 2.63. The molecule has 1 heterocycles. The van der Waals surface area contributed by atoms with E-state index in [4.69, 9.17) is 0 Å². The number of para-hydroxylation sites is 2. The summed E-state index contributed by atoms with van der Waals surface area (Å²) in [5.41, 5.74) is 21.9. The fourth-order valence-corrected chi connectivity index (χ4v) is 11.0. The molecule has 13 rings (SSSR count). The quantitative estimate of drug-likeness (QED) is 0.145. The van der Waals surface area contributed by atoms with Crippen molar-refractivity contribution in [3.05, 3.63) is 276 Å². The van der Waals surface area contributed by atoms with E-state index in [9.17, 15) is 0 Å². The van der Waals surface area contributed by atoms with Crippen molar-refractivity contribution < 1.29 is 0 Å². The monoisotopic (exact) mass is 826 g/mol. The van der Waals surface area contributed by atoms with Gasteiger partial charge >= 0.3 is 0 Å². The van der Waals surface area contributed by atoms with Gasteiger partial charge in [0.15, 0.2) is 0 Å². The Morgan fingerprint density at radius 3 is 1.40 bits per heavy atom. The number of hydrogen-bond donors (Lipinski definition) is 0. The van der Waals surface area contributed by atoms with Gasteiger partial charge in [-0.15, -0.1) is 0 Å². The smallest absolute Gasteiger partial charge is 0.0725 e. The lowest BCUT2D eigenvalue weighted by Crippen LogP contribution is -2.25. The van der Waals surface area contributed by atoms with Crippen LogP contribution in [-0.4, -0.2) is 4.57 Å². The first-order valence-corrected chi connectivity index (χ1v) is 22.5. The first kappa shape index (κ1) is 37.1. The van der Waals surface area contributed by atoms with Crippen LogP contribution in [0.15, 0.2) is 243 Å². The highest BCUT2D eigenvalue weighted by atomic mass is 15.1. The van der Waals surface area contributed by atoms with Gasteiger partial charge in [0.05, 0.1) is 16.4 Å². The number of fused-ring (bicyclic) bond motifs is 13. The zero-order chi connectivity index (χ0) is 42.9. The van der Waals surface area contributed by atoms with Gasteiger partial charge in [-0.2, -0.15) is 0 Å². The number of anilines is 3. The minimum Gasteiger partial charge on any atom is -0.310 e. The highest BCUT2D eigenvalue weighted by Gasteiger charge is 2.51. The minimum atomic E-state index is -0.394. The van der Waals surface area contributed by atoms with Crippen LogP contribution in [0.3, 0.4) is 0 Å². The Hall–Kier alpha value is -8.46. The fraction of sp³-hybridized carbons (Fsp3) is 0.0159. The summed E-state index contributed by atoms with van der Waals surface area (Å²) in [6, 6.07) is 89.2. The molecule has 0 amide bonds. The molecule has 304 valence electrons. The van der Waals surface area contributed by atoms with Gasteiger partial charge in [-0.3, -0.25) is 0 Å². The van der Waals surface area contributed by atoms with E-state index >= 15 is 0 Å². The number of benzene rings is 10. The Balaban J connectivity index is 0.983. The maximum Gasteiger partial charge on any atom is 0.0725 e. The van der Waals surface area contributed by atoms with Crippen LogP contribution >= 0.6 is 0 Å². The molecule has 1 aromatic heterocycles. The lowest BCUT2D eigenvalue weighted by atomic mass is 9.70. The molecule has 0 N–H and O–H groups in total. The Kier molecular flexibility index (Phi) is 8.47. The van der Waals surface area contributed by atoms with Crippen LogP contribution in [0.25, 0.3) is 73.0 Å². The van der Waals surface area contributed by atoms with Gasteiger partial charge in [0.25, 0.3) is 0 Å². The summed E-state index contributed by atoms with van der Waals surface area (Å²) in [6.07, 6.45) is 4.35. The summed E-state index contributed by atoms with van der Waals surface area (Å²) in [6.45, 7) is 0. The van der Waals surface area contributed by atoms with E-state index in [1.165, 1.54) is 83.0 Å². The molecule has 0 unspecified atom stereocenters. The maximum atomic E-state index is 2.49. The summed E-state index contributed by atoms with van der Waals surface area (Å²) in [4.78, 5) is 2.37. The number of nitrogens with zero attached hydrogens (tertiary/aromatic N) is 2. The summed E-state index contributed by atoms with van der Waals surface area (Å²) in [5, 5.41) is 2.42. The van der Waals surface area contributed by atoms with Crippen LogP contribution in [0.2, 0.25) is 0 Å². The summed E-state index contributed by atoms with van der Waals surface area (Å²) in [7, 11) is 0. The molecule has 0 aliphatic heterocycles. The van der Waals surface area contributed by atoms with Gasteiger partial charge in [-0.05, 0) is 140 Å². The van der Waals surface area contributed by atoms with Crippen LogP contribution in [0.4, 0.5) is 17.1 Å². The van der Waals surface area contributed by atoms with Crippen molar-refractivity contribution in [2.45, 2.75) is 5.41 Å². The predicted molar refractivity (Wildman–Crippen MR) is 273 cm³/mol. The molecule has 11 aromatic rings. The van der Waals surface area contributed by atoms with Crippen LogP contribution in [0.5, 0.6) is 0 Å². The Morgan fingerprint density at radius 1 is 0.323 bits per heavy atom. The second kappa shape index (κ2) is 14.8. The van der Waals surface area contributed by atoms with Gasteiger partial charge in [-0.1, -0.05) is 182 Å². The van der Waals surface area contributed by atoms with E-state index in [2.05, 4.69) is 264 Å². The molecule has 0 radical (unpaired) electrons. The second-order valence-electron chi connectivity index (χ2n) is 17.3. The molecule has 2 aliphatic rings. The van der Waals surface area contributed by atoms with E-state index < -0.39 is 5.41 Å². The van der Waals surface area contributed by atoms with Gasteiger partial charge in [-0.25, -0.2) is 0 Å². The fourth-order valence-electron chi connectivity index (χ4n) is 11.0. The van der Waals surface area contributed by atoms with E-state index in [1.54, 1.807) is 0 Å². The van der Waals surface area contributed by atoms with Gasteiger partial charge in [0.2, 0.25) is 0 Å². The molecule has 1 spiro atoms. The van der Waals surface area contributed by atoms with Gasteiger partial charge in [0.1, 0.15) is 0 Å². The van der Waals surface area contributed by atoms with E-state index in [1.807, 2.05) is 0 Å². The zero-order valence-corrected chi connectivity index (χ0v) is 35.6. The van der Waals surface area contributed by atoms with Crippen molar-refractivity contribution in [2.75, 3.05) is 4.90 Å². The molecule has 0 bridgehead atoms. The minimum absolute atomic E-state index is 0.394. The number of rotatable bonds is 7. The summed E-state index contributed by atoms with van der Waals surface area (Å²) >= 11 is 0. The third-order valence-corrected chi connectivity index (χ3v) is 13.8. The lowest BCUT2D eigenvalue weighted by Gasteiger charge is -2.30. The average Bonchev–Trinajstić information content (AvgIpc) is 3.98. The molecule has 10 aromatic carbocycles. The third-order valence-electron chi connectivity index (χ3n) is 13.8. The predicted octanol–water partition coefficient (Wildman–Crippen LogP) is 16.4. The molecule has 2 heteroatoms. The summed E-state index contributed by atoms with van der Waals surface area (Å²) in [5.74, 6) is 0. The molecule has 0 fully saturated rings. The summed E-state index contributed by atoms with van der Waals surface area (Å²) < 4.78 is 2.42. The van der Waals surface area contributed by atoms with Gasteiger partial charge in [0, 0.05) is 33.5 Å². The van der Waals surface area contributed by atoms with Crippen molar-refractivity contribution in [3.8, 4) is 39.1 Å². The van der Waals surface area contributed by atoms with Crippen LogP contribution < -0.4 is 4.90 Å². The highest BCUT2D eigenvalue weighted by molar-refractivity contribution is 6.12. The first-order chi connectivity index (χ1) is 32.2. The van der Waals surface area contributed by atoms with Gasteiger partial charge < -0.3 is 9.47 Å². The van der Waals surface area contributed by atoms with E-state index in [0.717, 1.165) is 28.3 Å². The normalized spacial score (nSPS) is 13.0. The first-order valence-electron chi connectivity index (χ1n) is 22.5. The number of aromatic nitrogens is 1. The molecule has 65 heavy (non-hydrogen) atoms. The van der Waals surface area contributed by atoms with Crippen LogP contribution in [-0.2, 0) is 5.41 Å². The molecule has 2 nitrogen and oxygen atoms in total. The van der Waals surface area contributed by atoms with E-state index in [-0.39, 0.29) is 0 Å². The zero-order valence-electron chi connectivity index (χ0n) is 35.6. The molecule has 0 saturated heterocycles. The Morgan fingerprint density at radius 2 is 0.769 bits per heavy atom. The van der Waals surface area contributed by atoms with Crippen molar-refractivity contribution in [1.29, 1.82) is 0 Å². The largest absolute Gasteiger partial charge is 0.310 e. The molecule has 0 atom stereocenters. The SMILES string of the molecule is C(=C\c1ccc(N(c2ccccc2)c2ccc3c(c2)c2cc(-c4ccc5c(c4)C4(c6ccccc6-c6ccccc64)c4ccccc4-5)ccc2n3-c2ccccc2)cc1)/c1ccccc1.